The molecule has 1 aromatic carbocycles. The van der Waals surface area contributed by atoms with Crippen LogP contribution in [0.25, 0.3) is 0 Å². The minimum absolute atomic E-state index is 0.0206. The summed E-state index contributed by atoms with van der Waals surface area (Å²) in [6, 6.07) is 1.41. The van der Waals surface area contributed by atoms with Crippen molar-refractivity contribution in [1.29, 1.82) is 0 Å². The number of hydrogen-bond acceptors (Lipinski definition) is 1. The minimum atomic E-state index is -4.54. The third kappa shape index (κ3) is 2.63. The van der Waals surface area contributed by atoms with Crippen LogP contribution < -0.4 is 5.73 Å². The van der Waals surface area contributed by atoms with E-state index in [0.29, 0.717) is 6.07 Å². The Balaban J connectivity index is 3.43. The summed E-state index contributed by atoms with van der Waals surface area (Å²) in [5, 5.41) is -0.129. The molecule has 0 fully saturated rings. The van der Waals surface area contributed by atoms with Gasteiger partial charge in [-0.1, -0.05) is 11.6 Å². The van der Waals surface area contributed by atoms with Crippen LogP contribution >= 0.6 is 27.5 Å². The number of amides is 1. The molecule has 0 saturated heterocycles. The van der Waals surface area contributed by atoms with Gasteiger partial charge in [-0.15, -0.1) is 0 Å². The van der Waals surface area contributed by atoms with Crippen LogP contribution in [0.15, 0.2) is 16.6 Å². The molecule has 0 aromatic heterocycles. The molecule has 1 rings (SSSR count). The lowest BCUT2D eigenvalue weighted by Crippen LogP contribution is -2.14. The van der Waals surface area contributed by atoms with Crippen LogP contribution in [0.5, 0.6) is 0 Å². The Morgan fingerprint density at radius 2 is 1.93 bits per heavy atom. The van der Waals surface area contributed by atoms with E-state index in [9.17, 15) is 18.0 Å². The largest absolute Gasteiger partial charge is 0.416 e. The van der Waals surface area contributed by atoms with Crippen LogP contribution in [0.2, 0.25) is 5.02 Å². The Labute approximate surface area is 96.3 Å². The van der Waals surface area contributed by atoms with Gasteiger partial charge in [-0.2, -0.15) is 13.2 Å². The van der Waals surface area contributed by atoms with Crippen molar-refractivity contribution >= 4 is 33.4 Å². The Kier molecular flexibility index (Phi) is 3.30. The Morgan fingerprint density at radius 3 is 2.33 bits per heavy atom. The van der Waals surface area contributed by atoms with Gasteiger partial charge in [0.05, 0.1) is 16.1 Å². The van der Waals surface area contributed by atoms with E-state index in [2.05, 4.69) is 15.9 Å². The number of nitrogens with two attached hydrogens (primary N) is 1. The van der Waals surface area contributed by atoms with Gasteiger partial charge in [-0.25, -0.2) is 0 Å². The molecular weight excluding hydrogens is 298 g/mol. The van der Waals surface area contributed by atoms with Crippen molar-refractivity contribution < 1.29 is 18.0 Å². The van der Waals surface area contributed by atoms with E-state index in [1.165, 1.54) is 0 Å². The molecule has 0 aliphatic heterocycles. The predicted octanol–water partition coefficient (Wildman–Crippen LogP) is 3.22. The molecule has 0 atom stereocenters. The van der Waals surface area contributed by atoms with Gasteiger partial charge in [0.2, 0.25) is 5.91 Å². The number of hydrogen-bond donors (Lipinski definition) is 1. The van der Waals surface area contributed by atoms with Crippen molar-refractivity contribution in [2.75, 3.05) is 0 Å². The highest BCUT2D eigenvalue weighted by Crippen LogP contribution is 2.35. The molecule has 0 unspecified atom stereocenters. The maximum atomic E-state index is 12.3. The third-order valence-electron chi connectivity index (χ3n) is 1.62. The highest BCUT2D eigenvalue weighted by atomic mass is 79.9. The zero-order chi connectivity index (χ0) is 11.8. The van der Waals surface area contributed by atoms with Gasteiger partial charge in [0.1, 0.15) is 0 Å². The van der Waals surface area contributed by atoms with Crippen LogP contribution in [0, 0.1) is 0 Å². The second-order valence-electron chi connectivity index (χ2n) is 2.68. The van der Waals surface area contributed by atoms with Crippen LogP contribution in [0.3, 0.4) is 0 Å². The van der Waals surface area contributed by atoms with E-state index in [4.69, 9.17) is 17.3 Å². The zero-order valence-electron chi connectivity index (χ0n) is 7.03. The van der Waals surface area contributed by atoms with Crippen LogP contribution in [-0.2, 0) is 6.18 Å². The molecule has 15 heavy (non-hydrogen) atoms. The van der Waals surface area contributed by atoms with Crippen molar-refractivity contribution in [3.63, 3.8) is 0 Å². The first-order chi connectivity index (χ1) is 6.73. The fourth-order valence-corrected chi connectivity index (χ4v) is 1.59. The Bertz CT molecular complexity index is 419. The van der Waals surface area contributed by atoms with Crippen molar-refractivity contribution in [3.8, 4) is 0 Å². The summed E-state index contributed by atoms with van der Waals surface area (Å²) in [4.78, 5) is 10.8. The molecule has 0 saturated carbocycles. The molecule has 0 heterocycles. The van der Waals surface area contributed by atoms with Crippen LogP contribution in [0.4, 0.5) is 13.2 Å². The number of alkyl halides is 3. The number of primary amides is 1. The molecule has 0 aliphatic rings. The van der Waals surface area contributed by atoms with E-state index in [1.807, 2.05) is 0 Å². The number of carbonyl (C=O) groups is 1. The monoisotopic (exact) mass is 301 g/mol. The quantitative estimate of drug-likeness (QED) is 0.850. The smallest absolute Gasteiger partial charge is 0.366 e. The summed E-state index contributed by atoms with van der Waals surface area (Å²) in [6.45, 7) is 0. The fraction of sp³-hybridized carbons (Fsp3) is 0.125. The molecule has 0 radical (unpaired) electrons. The summed E-state index contributed by atoms with van der Waals surface area (Å²) >= 11 is 8.41. The average molecular weight is 302 g/mol. The molecular formula is C8H4BrClF3NO. The van der Waals surface area contributed by atoms with Crippen molar-refractivity contribution in [2.45, 2.75) is 6.18 Å². The molecule has 1 aromatic rings. The lowest BCUT2D eigenvalue weighted by molar-refractivity contribution is -0.137. The fourth-order valence-electron chi connectivity index (χ4n) is 0.932. The lowest BCUT2D eigenvalue weighted by Gasteiger charge is -2.10. The summed E-state index contributed by atoms with van der Waals surface area (Å²) in [7, 11) is 0. The van der Waals surface area contributed by atoms with Gasteiger partial charge in [-0.3, -0.25) is 4.79 Å². The average Bonchev–Trinajstić information content (AvgIpc) is 2.06. The lowest BCUT2D eigenvalue weighted by atomic mass is 10.1. The summed E-state index contributed by atoms with van der Waals surface area (Å²) in [5.41, 5.74) is 3.54. The minimum Gasteiger partial charge on any atom is -0.366 e. The topological polar surface area (TPSA) is 43.1 Å². The van der Waals surface area contributed by atoms with Gasteiger partial charge in [0.25, 0.3) is 0 Å². The van der Waals surface area contributed by atoms with E-state index >= 15 is 0 Å². The highest BCUT2D eigenvalue weighted by Gasteiger charge is 2.32. The molecule has 2 N–H and O–H groups in total. The van der Waals surface area contributed by atoms with Gasteiger partial charge in [0, 0.05) is 4.47 Å². The summed E-state index contributed by atoms with van der Waals surface area (Å²) < 4.78 is 37.0. The Morgan fingerprint density at radius 1 is 1.40 bits per heavy atom. The first kappa shape index (κ1) is 12.3. The Hall–Kier alpha value is -0.750. The van der Waals surface area contributed by atoms with Crippen LogP contribution in [-0.4, -0.2) is 5.91 Å². The van der Waals surface area contributed by atoms with E-state index in [0.717, 1.165) is 6.07 Å². The second kappa shape index (κ2) is 4.02. The molecule has 1 amide bonds. The number of halogens is 5. The van der Waals surface area contributed by atoms with Crippen LogP contribution in [0.1, 0.15) is 15.9 Å². The van der Waals surface area contributed by atoms with Gasteiger partial charge < -0.3 is 5.73 Å². The SMILES string of the molecule is NC(=O)c1cc(C(F)(F)F)cc(Br)c1Cl. The highest BCUT2D eigenvalue weighted by molar-refractivity contribution is 9.10. The van der Waals surface area contributed by atoms with E-state index in [-0.39, 0.29) is 15.1 Å². The molecule has 0 aliphatic carbocycles. The normalized spacial score (nSPS) is 11.5. The molecule has 0 bridgehead atoms. The maximum Gasteiger partial charge on any atom is 0.416 e. The zero-order valence-corrected chi connectivity index (χ0v) is 9.37. The standard InChI is InChI=1S/C8H4BrClF3NO/c9-5-2-3(8(11,12)13)1-4(6(5)10)7(14)15/h1-2H,(H2,14,15). The predicted molar refractivity (Wildman–Crippen MR) is 52.7 cm³/mol. The maximum absolute atomic E-state index is 12.3. The molecule has 0 spiro atoms. The summed E-state index contributed by atoms with van der Waals surface area (Å²) in [5.74, 6) is -1.01. The van der Waals surface area contributed by atoms with Gasteiger partial charge in [0.15, 0.2) is 0 Å². The number of benzene rings is 1. The molecule has 82 valence electrons. The van der Waals surface area contributed by atoms with Gasteiger partial charge in [-0.05, 0) is 28.1 Å². The first-order valence-corrected chi connectivity index (χ1v) is 4.76. The first-order valence-electron chi connectivity index (χ1n) is 3.59. The molecule has 7 heteroatoms. The van der Waals surface area contributed by atoms with Crippen molar-refractivity contribution in [2.24, 2.45) is 5.73 Å². The number of rotatable bonds is 1. The van der Waals surface area contributed by atoms with E-state index in [1.54, 1.807) is 0 Å². The van der Waals surface area contributed by atoms with Crippen molar-refractivity contribution in [3.05, 3.63) is 32.8 Å². The van der Waals surface area contributed by atoms with E-state index < -0.39 is 17.6 Å². The summed E-state index contributed by atoms with van der Waals surface area (Å²) in [6.07, 6.45) is -4.54. The van der Waals surface area contributed by atoms with Crippen molar-refractivity contribution in [1.82, 2.24) is 0 Å². The molecule has 2 nitrogen and oxygen atoms in total. The van der Waals surface area contributed by atoms with Gasteiger partial charge >= 0.3 is 6.18 Å². The second-order valence-corrected chi connectivity index (χ2v) is 3.91. The third-order valence-corrected chi connectivity index (χ3v) is 2.88. The number of carbonyl (C=O) groups excluding carboxylic acids is 1.